The van der Waals surface area contributed by atoms with E-state index in [4.69, 9.17) is 20.4 Å². The van der Waals surface area contributed by atoms with Gasteiger partial charge in [0.05, 0.1) is 35.8 Å². The Morgan fingerprint density at radius 2 is 1.90 bits per heavy atom. The molecule has 4 aliphatic rings. The molecule has 0 aromatic carbocycles. The third kappa shape index (κ3) is 5.17. The van der Waals surface area contributed by atoms with Gasteiger partial charge in [-0.05, 0) is 83.1 Å². The molecule has 2 bridgehead atoms. The van der Waals surface area contributed by atoms with Crippen LogP contribution in [0.4, 0.5) is 13.6 Å². The zero-order chi connectivity index (χ0) is 33.7. The molecule has 0 radical (unpaired) electrons. The van der Waals surface area contributed by atoms with Gasteiger partial charge in [-0.25, -0.2) is 23.5 Å². The van der Waals surface area contributed by atoms with E-state index in [1.807, 2.05) is 41.3 Å². The number of amides is 3. The number of methoxy groups -OCH3 is 1. The third-order valence-electron chi connectivity index (χ3n) is 10.8. The molecule has 13 heteroatoms. The molecule has 254 valence electrons. The van der Waals surface area contributed by atoms with Crippen LogP contribution in [0.3, 0.4) is 0 Å². The van der Waals surface area contributed by atoms with Crippen molar-refractivity contribution >= 4 is 28.6 Å². The molecule has 2 saturated heterocycles. The molecule has 2 aliphatic carbocycles. The van der Waals surface area contributed by atoms with Crippen LogP contribution in [0.25, 0.3) is 28.1 Å². The number of hydrogen-bond donors (Lipinski definition) is 3. The van der Waals surface area contributed by atoms with Crippen molar-refractivity contribution in [2.75, 3.05) is 7.11 Å². The Labute approximate surface area is 277 Å². The second-order valence-electron chi connectivity index (χ2n) is 14.8. The molecule has 2 aliphatic heterocycles. The number of aromatic nitrogens is 4. The standard InChI is InChI=1S/C35H42F2N8O3/c1-18(39-33(47)42-34(3)16-35(36,37)17-34)25-9-7-21-11-27(43(31(21)40-25)15-20-5-6-20)30-19(2)44-28(41-30)12-22(13-29(44)48-4)32(46)45-23-8-10-26(45)24(38)14-23/h7,9,11-13,18,20,23-24,26H,5-6,8,10,14-17,38H2,1-4H3,(H2,39,42,47)/t18-,23+,24-,26-/m1/s1. The Morgan fingerprint density at radius 1 is 1.12 bits per heavy atom. The Morgan fingerprint density at radius 3 is 2.54 bits per heavy atom. The van der Waals surface area contributed by atoms with Gasteiger partial charge in [0.15, 0.2) is 5.88 Å². The number of pyridine rings is 2. The largest absolute Gasteiger partial charge is 0.482 e. The minimum Gasteiger partial charge on any atom is -0.482 e. The molecule has 4 fully saturated rings. The van der Waals surface area contributed by atoms with Gasteiger partial charge in [-0.3, -0.25) is 9.20 Å². The van der Waals surface area contributed by atoms with Crippen molar-refractivity contribution in [3.63, 3.8) is 0 Å². The predicted molar refractivity (Wildman–Crippen MR) is 176 cm³/mol. The molecule has 0 spiro atoms. The number of aryl methyl sites for hydroxylation is 1. The van der Waals surface area contributed by atoms with E-state index in [0.29, 0.717) is 28.7 Å². The van der Waals surface area contributed by atoms with E-state index in [-0.39, 0.29) is 36.9 Å². The van der Waals surface area contributed by atoms with Gasteiger partial charge in [-0.1, -0.05) is 0 Å². The number of nitrogens with zero attached hydrogens (tertiary/aromatic N) is 5. The number of nitrogens with two attached hydrogens (primary N) is 1. The number of carbonyl (C=O) groups is 2. The lowest BCUT2D eigenvalue weighted by Crippen LogP contribution is -2.62. The van der Waals surface area contributed by atoms with Crippen LogP contribution in [0.1, 0.15) is 86.6 Å². The molecule has 4 aromatic heterocycles. The molecule has 3 amide bonds. The topological polar surface area (TPSA) is 132 Å². The van der Waals surface area contributed by atoms with Crippen molar-refractivity contribution in [3.8, 4) is 17.3 Å². The van der Waals surface area contributed by atoms with Gasteiger partial charge in [-0.2, -0.15) is 0 Å². The molecule has 6 heterocycles. The number of carbonyl (C=O) groups excluding carboxylic acids is 2. The summed E-state index contributed by atoms with van der Waals surface area (Å²) in [5.74, 6) is -1.71. The van der Waals surface area contributed by atoms with Crippen molar-refractivity contribution in [2.45, 2.75) is 108 Å². The maximum absolute atomic E-state index is 13.8. The summed E-state index contributed by atoms with van der Waals surface area (Å²) in [5.41, 5.74) is 10.6. The Kier molecular flexibility index (Phi) is 7.03. The van der Waals surface area contributed by atoms with Gasteiger partial charge < -0.3 is 30.6 Å². The summed E-state index contributed by atoms with van der Waals surface area (Å²) in [5, 5.41) is 6.52. The summed E-state index contributed by atoms with van der Waals surface area (Å²) in [6.07, 6.45) is 4.30. The fourth-order valence-electron chi connectivity index (χ4n) is 8.38. The first-order valence-corrected chi connectivity index (χ1v) is 17.0. The van der Waals surface area contributed by atoms with Gasteiger partial charge >= 0.3 is 6.03 Å². The molecule has 0 unspecified atom stereocenters. The van der Waals surface area contributed by atoms with E-state index in [1.54, 1.807) is 20.1 Å². The van der Waals surface area contributed by atoms with E-state index in [0.717, 1.165) is 66.8 Å². The lowest BCUT2D eigenvalue weighted by Gasteiger charge is -2.45. The molecule has 4 N–H and O–H groups in total. The van der Waals surface area contributed by atoms with Crippen molar-refractivity contribution in [1.82, 2.24) is 34.5 Å². The number of rotatable bonds is 8. The molecule has 2 saturated carbocycles. The zero-order valence-corrected chi connectivity index (χ0v) is 27.7. The number of urea groups is 1. The van der Waals surface area contributed by atoms with Crippen molar-refractivity contribution in [2.24, 2.45) is 11.7 Å². The molecular weight excluding hydrogens is 618 g/mol. The smallest absolute Gasteiger partial charge is 0.315 e. The quantitative estimate of drug-likeness (QED) is 0.234. The predicted octanol–water partition coefficient (Wildman–Crippen LogP) is 5.33. The van der Waals surface area contributed by atoms with Crippen LogP contribution < -0.4 is 21.1 Å². The summed E-state index contributed by atoms with van der Waals surface area (Å²) < 4.78 is 36.9. The van der Waals surface area contributed by atoms with Crippen LogP contribution in [-0.2, 0) is 6.54 Å². The number of fused-ring (bicyclic) bond motifs is 4. The second kappa shape index (κ2) is 10.9. The fourth-order valence-corrected chi connectivity index (χ4v) is 8.38. The molecular formula is C35H42F2N8O3. The van der Waals surface area contributed by atoms with E-state index in [9.17, 15) is 18.4 Å². The Hall–Kier alpha value is -4.26. The maximum Gasteiger partial charge on any atom is 0.315 e. The summed E-state index contributed by atoms with van der Waals surface area (Å²) in [4.78, 5) is 38.6. The highest BCUT2D eigenvalue weighted by Crippen LogP contribution is 2.45. The minimum atomic E-state index is -2.74. The highest BCUT2D eigenvalue weighted by atomic mass is 19.3. The number of nitrogens with one attached hydrogen (secondary N) is 2. The van der Waals surface area contributed by atoms with Crippen LogP contribution in [0, 0.1) is 12.8 Å². The summed E-state index contributed by atoms with van der Waals surface area (Å²) in [7, 11) is 1.60. The summed E-state index contributed by atoms with van der Waals surface area (Å²) >= 11 is 0. The lowest BCUT2D eigenvalue weighted by atomic mass is 9.75. The first-order chi connectivity index (χ1) is 22.8. The highest BCUT2D eigenvalue weighted by Gasteiger charge is 2.54. The van der Waals surface area contributed by atoms with Crippen molar-refractivity contribution in [3.05, 3.63) is 47.3 Å². The molecule has 11 nitrogen and oxygen atoms in total. The van der Waals surface area contributed by atoms with Crippen LogP contribution >= 0.6 is 0 Å². The Balaban J connectivity index is 1.12. The van der Waals surface area contributed by atoms with Crippen LogP contribution in [0.15, 0.2) is 30.3 Å². The number of halogens is 2. The molecule has 48 heavy (non-hydrogen) atoms. The Bertz CT molecular complexity index is 1960. The van der Waals surface area contributed by atoms with Gasteiger partial charge in [0.2, 0.25) is 0 Å². The SMILES string of the molecule is COc1cc(C(=O)N2[C@H]3CC[C@@H]2[C@H](N)C3)cc2nc(-c3cc4ccc([C@@H](C)NC(=O)NC5(C)CC(F)(F)C5)nc4n3CC3CC3)c(C)n12. The molecule has 4 atom stereocenters. The summed E-state index contributed by atoms with van der Waals surface area (Å²) in [6, 6.07) is 8.93. The van der Waals surface area contributed by atoms with Crippen LogP contribution in [0.5, 0.6) is 5.88 Å². The fraction of sp³-hybridized carbons (Fsp3) is 0.543. The minimum absolute atomic E-state index is 0.0173. The van der Waals surface area contributed by atoms with Gasteiger partial charge in [0, 0.05) is 54.5 Å². The number of hydrogen-bond acceptors (Lipinski definition) is 6. The average molecular weight is 661 g/mol. The van der Waals surface area contributed by atoms with E-state index >= 15 is 0 Å². The maximum atomic E-state index is 13.8. The van der Waals surface area contributed by atoms with E-state index in [1.165, 1.54) is 0 Å². The summed E-state index contributed by atoms with van der Waals surface area (Å²) in [6.45, 7) is 6.24. The van der Waals surface area contributed by atoms with Crippen LogP contribution in [0.2, 0.25) is 0 Å². The van der Waals surface area contributed by atoms with Gasteiger partial charge in [-0.15, -0.1) is 0 Å². The highest BCUT2D eigenvalue weighted by molar-refractivity contribution is 5.97. The second-order valence-corrected chi connectivity index (χ2v) is 14.8. The lowest BCUT2D eigenvalue weighted by molar-refractivity contribution is -0.123. The number of ether oxygens (including phenoxy) is 1. The average Bonchev–Trinajstić information content (AvgIpc) is 3.34. The molecule has 4 aromatic rings. The normalized spacial score (nSPS) is 24.6. The van der Waals surface area contributed by atoms with Gasteiger partial charge in [0.1, 0.15) is 17.0 Å². The van der Waals surface area contributed by atoms with Crippen molar-refractivity contribution in [1.29, 1.82) is 0 Å². The van der Waals surface area contributed by atoms with E-state index < -0.39 is 23.5 Å². The third-order valence-corrected chi connectivity index (χ3v) is 10.8. The van der Waals surface area contributed by atoms with E-state index in [2.05, 4.69) is 21.3 Å². The monoisotopic (exact) mass is 660 g/mol. The number of imidazole rings is 1. The zero-order valence-electron chi connectivity index (χ0n) is 27.7. The van der Waals surface area contributed by atoms with Crippen LogP contribution in [-0.4, -0.2) is 72.5 Å². The molecule has 8 rings (SSSR count). The number of alkyl halides is 2. The van der Waals surface area contributed by atoms with Gasteiger partial charge in [0.25, 0.3) is 11.8 Å². The first-order valence-electron chi connectivity index (χ1n) is 17.0. The van der Waals surface area contributed by atoms with Crippen molar-refractivity contribution < 1.29 is 23.1 Å². The first kappa shape index (κ1) is 31.0.